The molecule has 5 heteroatoms. The lowest BCUT2D eigenvalue weighted by atomic mass is 10.2. The van der Waals surface area contributed by atoms with Gasteiger partial charge in [-0.1, -0.05) is 5.21 Å². The molecule has 1 saturated heterocycles. The summed E-state index contributed by atoms with van der Waals surface area (Å²) < 4.78 is 7.36. The zero-order valence-electron chi connectivity index (χ0n) is 8.22. The minimum absolute atomic E-state index is 0.417. The Hall–Kier alpha value is -0.940. The number of rotatable bonds is 4. The maximum Gasteiger partial charge on any atom is 0.0962 e. The second-order valence-corrected chi connectivity index (χ2v) is 3.60. The molecule has 1 aliphatic rings. The molecule has 1 aliphatic heterocycles. The number of nitrogens with two attached hydrogens (primary N) is 1. The van der Waals surface area contributed by atoms with Gasteiger partial charge in [0.2, 0.25) is 0 Å². The first kappa shape index (κ1) is 9.61. The SMILES string of the molecule is NCc1cn(CCC2CCCO2)nn1. The molecule has 0 aliphatic carbocycles. The normalized spacial score (nSPS) is 21.6. The Morgan fingerprint density at radius 1 is 1.64 bits per heavy atom. The van der Waals surface area contributed by atoms with Crippen LogP contribution in [0.3, 0.4) is 0 Å². The Morgan fingerprint density at radius 3 is 3.21 bits per heavy atom. The van der Waals surface area contributed by atoms with E-state index in [1.165, 1.54) is 12.8 Å². The third-order valence-corrected chi connectivity index (χ3v) is 2.50. The van der Waals surface area contributed by atoms with Gasteiger partial charge >= 0.3 is 0 Å². The fourth-order valence-electron chi connectivity index (χ4n) is 1.69. The molecule has 0 amide bonds. The van der Waals surface area contributed by atoms with Gasteiger partial charge in [-0.15, -0.1) is 5.10 Å². The zero-order valence-corrected chi connectivity index (χ0v) is 8.22. The van der Waals surface area contributed by atoms with Gasteiger partial charge in [-0.2, -0.15) is 0 Å². The van der Waals surface area contributed by atoms with Crippen molar-refractivity contribution >= 4 is 0 Å². The average molecular weight is 196 g/mol. The molecule has 0 radical (unpaired) electrons. The first-order chi connectivity index (χ1) is 6.88. The Morgan fingerprint density at radius 2 is 2.57 bits per heavy atom. The van der Waals surface area contributed by atoms with Crippen molar-refractivity contribution in [3.05, 3.63) is 11.9 Å². The van der Waals surface area contributed by atoms with Gasteiger partial charge in [-0.3, -0.25) is 4.68 Å². The van der Waals surface area contributed by atoms with E-state index in [0.717, 1.165) is 25.3 Å². The topological polar surface area (TPSA) is 66.0 Å². The van der Waals surface area contributed by atoms with Gasteiger partial charge in [0.25, 0.3) is 0 Å². The van der Waals surface area contributed by atoms with Crippen LogP contribution in [0.5, 0.6) is 0 Å². The highest BCUT2D eigenvalue weighted by Crippen LogP contribution is 2.15. The summed E-state index contributed by atoms with van der Waals surface area (Å²) in [4.78, 5) is 0. The van der Waals surface area contributed by atoms with E-state index in [2.05, 4.69) is 10.3 Å². The largest absolute Gasteiger partial charge is 0.378 e. The van der Waals surface area contributed by atoms with Crippen LogP contribution in [0.1, 0.15) is 25.0 Å². The molecule has 5 nitrogen and oxygen atoms in total. The van der Waals surface area contributed by atoms with Crippen LogP contribution < -0.4 is 5.73 Å². The number of hydrogen-bond acceptors (Lipinski definition) is 4. The highest BCUT2D eigenvalue weighted by atomic mass is 16.5. The molecular formula is C9H16N4O. The standard InChI is InChI=1S/C9H16N4O/c10-6-8-7-13(12-11-8)4-3-9-2-1-5-14-9/h7,9H,1-6,10H2. The lowest BCUT2D eigenvalue weighted by Crippen LogP contribution is -2.10. The summed E-state index contributed by atoms with van der Waals surface area (Å²) in [5.41, 5.74) is 6.29. The summed E-state index contributed by atoms with van der Waals surface area (Å²) in [6.07, 6.45) is 5.71. The summed E-state index contributed by atoms with van der Waals surface area (Å²) in [5.74, 6) is 0. The van der Waals surface area contributed by atoms with Crippen molar-refractivity contribution in [3.63, 3.8) is 0 Å². The van der Waals surface area contributed by atoms with Gasteiger partial charge in [0.05, 0.1) is 11.8 Å². The fraction of sp³-hybridized carbons (Fsp3) is 0.778. The van der Waals surface area contributed by atoms with Gasteiger partial charge < -0.3 is 10.5 Å². The lowest BCUT2D eigenvalue weighted by molar-refractivity contribution is 0.0993. The quantitative estimate of drug-likeness (QED) is 0.752. The van der Waals surface area contributed by atoms with E-state index >= 15 is 0 Å². The predicted molar refractivity (Wildman–Crippen MR) is 51.5 cm³/mol. The number of aryl methyl sites for hydroxylation is 1. The first-order valence-electron chi connectivity index (χ1n) is 5.09. The van der Waals surface area contributed by atoms with Gasteiger partial charge in [0.1, 0.15) is 0 Å². The summed E-state index contributed by atoms with van der Waals surface area (Å²) in [6, 6.07) is 0. The molecule has 1 atom stereocenters. The molecule has 0 saturated carbocycles. The van der Waals surface area contributed by atoms with Crippen LogP contribution in [-0.2, 0) is 17.8 Å². The third-order valence-electron chi connectivity index (χ3n) is 2.50. The van der Waals surface area contributed by atoms with Gasteiger partial charge in [0, 0.05) is 25.9 Å². The van der Waals surface area contributed by atoms with Crippen LogP contribution in [0.25, 0.3) is 0 Å². The van der Waals surface area contributed by atoms with Crippen LogP contribution >= 0.6 is 0 Å². The van der Waals surface area contributed by atoms with Crippen molar-refractivity contribution < 1.29 is 4.74 Å². The van der Waals surface area contributed by atoms with Crippen LogP contribution in [0, 0.1) is 0 Å². The second-order valence-electron chi connectivity index (χ2n) is 3.60. The molecule has 0 bridgehead atoms. The molecule has 1 aromatic heterocycles. The van der Waals surface area contributed by atoms with Crippen molar-refractivity contribution in [2.75, 3.05) is 6.61 Å². The summed E-state index contributed by atoms with van der Waals surface area (Å²) in [7, 11) is 0. The highest BCUT2D eigenvalue weighted by molar-refractivity contribution is 4.90. The van der Waals surface area contributed by atoms with Gasteiger partial charge in [-0.05, 0) is 19.3 Å². The second kappa shape index (κ2) is 4.52. The molecule has 1 fully saturated rings. The van der Waals surface area contributed by atoms with Crippen LogP contribution in [0.2, 0.25) is 0 Å². The predicted octanol–water partition coefficient (Wildman–Crippen LogP) is 0.306. The van der Waals surface area contributed by atoms with Crippen LogP contribution in [0.4, 0.5) is 0 Å². The van der Waals surface area contributed by atoms with Crippen LogP contribution in [0.15, 0.2) is 6.20 Å². The summed E-state index contributed by atoms with van der Waals surface area (Å²) >= 11 is 0. The molecule has 1 unspecified atom stereocenters. The number of hydrogen-bond donors (Lipinski definition) is 1. The highest BCUT2D eigenvalue weighted by Gasteiger charge is 2.15. The van der Waals surface area contributed by atoms with Crippen molar-refractivity contribution in [1.29, 1.82) is 0 Å². The summed E-state index contributed by atoms with van der Waals surface area (Å²) in [5, 5.41) is 7.91. The molecule has 78 valence electrons. The molecule has 14 heavy (non-hydrogen) atoms. The van der Waals surface area contributed by atoms with Gasteiger partial charge in [-0.25, -0.2) is 0 Å². The summed E-state index contributed by atoms with van der Waals surface area (Å²) in [6.45, 7) is 2.24. The van der Waals surface area contributed by atoms with Crippen molar-refractivity contribution in [3.8, 4) is 0 Å². The minimum atomic E-state index is 0.417. The molecule has 0 aromatic carbocycles. The Balaban J connectivity index is 1.79. The van der Waals surface area contributed by atoms with Crippen molar-refractivity contribution in [2.45, 2.75) is 38.5 Å². The fourth-order valence-corrected chi connectivity index (χ4v) is 1.69. The number of aromatic nitrogens is 3. The van der Waals surface area contributed by atoms with E-state index in [1.807, 2.05) is 10.9 Å². The van der Waals surface area contributed by atoms with E-state index in [0.29, 0.717) is 12.6 Å². The van der Waals surface area contributed by atoms with Crippen molar-refractivity contribution in [2.24, 2.45) is 5.73 Å². The smallest absolute Gasteiger partial charge is 0.0962 e. The van der Waals surface area contributed by atoms with E-state index in [9.17, 15) is 0 Å². The first-order valence-corrected chi connectivity index (χ1v) is 5.09. The number of nitrogens with zero attached hydrogens (tertiary/aromatic N) is 3. The molecule has 1 aromatic rings. The molecule has 2 rings (SSSR count). The van der Waals surface area contributed by atoms with E-state index in [-0.39, 0.29) is 0 Å². The average Bonchev–Trinajstić information content (AvgIpc) is 2.86. The lowest BCUT2D eigenvalue weighted by Gasteiger charge is -2.07. The monoisotopic (exact) mass is 196 g/mol. The third kappa shape index (κ3) is 2.30. The zero-order chi connectivity index (χ0) is 9.80. The molecular weight excluding hydrogens is 180 g/mol. The Labute approximate surface area is 83.2 Å². The van der Waals surface area contributed by atoms with Gasteiger partial charge in [0.15, 0.2) is 0 Å². The Bertz CT molecular complexity index is 280. The van der Waals surface area contributed by atoms with E-state index in [4.69, 9.17) is 10.5 Å². The maximum atomic E-state index is 5.52. The molecule has 2 N–H and O–H groups in total. The van der Waals surface area contributed by atoms with E-state index in [1.54, 1.807) is 0 Å². The Kier molecular flexibility index (Phi) is 3.10. The van der Waals surface area contributed by atoms with Crippen molar-refractivity contribution in [1.82, 2.24) is 15.0 Å². The molecule has 0 spiro atoms. The minimum Gasteiger partial charge on any atom is -0.378 e. The van der Waals surface area contributed by atoms with E-state index < -0.39 is 0 Å². The van der Waals surface area contributed by atoms with Crippen LogP contribution in [-0.4, -0.2) is 27.7 Å². The molecule has 2 heterocycles. The maximum absolute atomic E-state index is 5.52. The number of ether oxygens (including phenoxy) is 1.